The van der Waals surface area contributed by atoms with Crippen molar-refractivity contribution in [2.24, 2.45) is 0 Å². The fraction of sp³-hybridized carbons (Fsp3) is 0.500. The highest BCUT2D eigenvalue weighted by Crippen LogP contribution is 2.20. The number of nitrogens with zero attached hydrogens (tertiary/aromatic N) is 1. The van der Waals surface area contributed by atoms with E-state index in [1.54, 1.807) is 0 Å². The van der Waals surface area contributed by atoms with Gasteiger partial charge in [-0.3, -0.25) is 0 Å². The monoisotopic (exact) mass is 278 g/mol. The Balaban J connectivity index is 1.86. The van der Waals surface area contributed by atoms with E-state index >= 15 is 0 Å². The molecular weight excluding hydrogens is 256 g/mol. The molecular formula is C16H23ClN2. The summed E-state index contributed by atoms with van der Waals surface area (Å²) in [5, 5.41) is 5.59. The van der Waals surface area contributed by atoms with Crippen LogP contribution in [0.25, 0.3) is 10.9 Å². The predicted molar refractivity (Wildman–Crippen MR) is 83.9 cm³/mol. The van der Waals surface area contributed by atoms with Crippen molar-refractivity contribution in [1.82, 2.24) is 9.88 Å². The van der Waals surface area contributed by atoms with Crippen LogP contribution in [-0.4, -0.2) is 16.7 Å². The van der Waals surface area contributed by atoms with Gasteiger partial charge in [0, 0.05) is 28.8 Å². The predicted octanol–water partition coefficient (Wildman–Crippen LogP) is 4.46. The van der Waals surface area contributed by atoms with Gasteiger partial charge in [0.25, 0.3) is 0 Å². The number of unbranched alkanes of at least 4 members (excludes halogenated alkanes) is 1. The Morgan fingerprint density at radius 3 is 2.68 bits per heavy atom. The van der Waals surface area contributed by atoms with E-state index in [1.165, 1.54) is 23.7 Å². The van der Waals surface area contributed by atoms with E-state index in [1.807, 2.05) is 12.1 Å². The van der Waals surface area contributed by atoms with Crippen LogP contribution in [0.1, 0.15) is 33.6 Å². The lowest BCUT2D eigenvalue weighted by Crippen LogP contribution is -2.36. The standard InChI is InChI=1S/C16H23ClN2/c1-16(2,3)18-9-4-5-10-19-11-8-13-6-7-14(17)12-15(13)19/h6-8,11-12,18H,4-5,9-10H2,1-3H3. The highest BCUT2D eigenvalue weighted by molar-refractivity contribution is 6.31. The van der Waals surface area contributed by atoms with Gasteiger partial charge in [-0.1, -0.05) is 17.7 Å². The number of benzene rings is 1. The number of nitrogens with one attached hydrogen (secondary N) is 1. The summed E-state index contributed by atoms with van der Waals surface area (Å²) in [6.45, 7) is 8.73. The number of hydrogen-bond donors (Lipinski definition) is 1. The van der Waals surface area contributed by atoms with Crippen LogP contribution in [0.15, 0.2) is 30.5 Å². The SMILES string of the molecule is CC(C)(C)NCCCCn1ccc2ccc(Cl)cc21. The van der Waals surface area contributed by atoms with Gasteiger partial charge in [0.15, 0.2) is 0 Å². The zero-order chi connectivity index (χ0) is 13.9. The van der Waals surface area contributed by atoms with Crippen LogP contribution in [0, 0.1) is 0 Å². The number of halogens is 1. The first-order valence-corrected chi connectivity index (χ1v) is 7.33. The summed E-state index contributed by atoms with van der Waals surface area (Å²) in [5.41, 5.74) is 1.45. The van der Waals surface area contributed by atoms with Crippen LogP contribution < -0.4 is 5.32 Å². The molecule has 0 spiro atoms. The van der Waals surface area contributed by atoms with Gasteiger partial charge < -0.3 is 9.88 Å². The Morgan fingerprint density at radius 2 is 1.95 bits per heavy atom. The third kappa shape index (κ3) is 4.26. The van der Waals surface area contributed by atoms with E-state index in [4.69, 9.17) is 11.6 Å². The van der Waals surface area contributed by atoms with Gasteiger partial charge in [-0.05, 0) is 63.7 Å². The van der Waals surface area contributed by atoms with Crippen molar-refractivity contribution in [1.29, 1.82) is 0 Å². The summed E-state index contributed by atoms with van der Waals surface area (Å²) in [6, 6.07) is 8.22. The van der Waals surface area contributed by atoms with Crippen molar-refractivity contribution in [2.75, 3.05) is 6.54 Å². The fourth-order valence-electron chi connectivity index (χ4n) is 2.22. The normalized spacial score (nSPS) is 12.2. The van der Waals surface area contributed by atoms with E-state index in [0.29, 0.717) is 0 Å². The van der Waals surface area contributed by atoms with Crippen LogP contribution in [0.4, 0.5) is 0 Å². The van der Waals surface area contributed by atoms with E-state index < -0.39 is 0 Å². The van der Waals surface area contributed by atoms with Gasteiger partial charge >= 0.3 is 0 Å². The molecule has 1 N–H and O–H groups in total. The second-order valence-electron chi connectivity index (χ2n) is 6.10. The molecule has 1 aromatic heterocycles. The first-order valence-electron chi connectivity index (χ1n) is 6.95. The Hall–Kier alpha value is -0.990. The quantitative estimate of drug-likeness (QED) is 0.799. The minimum Gasteiger partial charge on any atom is -0.347 e. The lowest BCUT2D eigenvalue weighted by Gasteiger charge is -2.20. The molecule has 104 valence electrons. The molecule has 1 heterocycles. The molecule has 2 aromatic rings. The highest BCUT2D eigenvalue weighted by atomic mass is 35.5. The molecule has 0 radical (unpaired) electrons. The van der Waals surface area contributed by atoms with Crippen molar-refractivity contribution in [3.63, 3.8) is 0 Å². The molecule has 0 amide bonds. The van der Waals surface area contributed by atoms with Crippen LogP contribution >= 0.6 is 11.6 Å². The van der Waals surface area contributed by atoms with Gasteiger partial charge in [-0.2, -0.15) is 0 Å². The van der Waals surface area contributed by atoms with Crippen molar-refractivity contribution in [3.8, 4) is 0 Å². The minimum atomic E-state index is 0.216. The summed E-state index contributed by atoms with van der Waals surface area (Å²) < 4.78 is 2.29. The zero-order valence-corrected chi connectivity index (χ0v) is 12.8. The molecule has 2 rings (SSSR count). The van der Waals surface area contributed by atoms with Crippen LogP contribution in [-0.2, 0) is 6.54 Å². The fourth-order valence-corrected chi connectivity index (χ4v) is 2.39. The Labute approximate surface area is 120 Å². The molecule has 0 unspecified atom stereocenters. The molecule has 0 aliphatic carbocycles. The smallest absolute Gasteiger partial charge is 0.0495 e. The van der Waals surface area contributed by atoms with E-state index in [-0.39, 0.29) is 5.54 Å². The summed E-state index contributed by atoms with van der Waals surface area (Å²) >= 11 is 6.06. The minimum absolute atomic E-state index is 0.216. The van der Waals surface area contributed by atoms with Crippen molar-refractivity contribution >= 4 is 22.5 Å². The van der Waals surface area contributed by atoms with Crippen LogP contribution in [0.5, 0.6) is 0 Å². The molecule has 2 nitrogen and oxygen atoms in total. The third-order valence-corrected chi connectivity index (χ3v) is 3.45. The Bertz CT molecular complexity index is 537. The second-order valence-corrected chi connectivity index (χ2v) is 6.53. The maximum Gasteiger partial charge on any atom is 0.0495 e. The van der Waals surface area contributed by atoms with Crippen molar-refractivity contribution < 1.29 is 0 Å². The lowest BCUT2D eigenvalue weighted by atomic mass is 10.1. The van der Waals surface area contributed by atoms with Gasteiger partial charge in [0.2, 0.25) is 0 Å². The second kappa shape index (κ2) is 5.98. The highest BCUT2D eigenvalue weighted by Gasteiger charge is 2.07. The Kier molecular flexibility index (Phi) is 4.54. The summed E-state index contributed by atoms with van der Waals surface area (Å²) in [6.07, 6.45) is 4.52. The first kappa shape index (κ1) is 14.4. The van der Waals surface area contributed by atoms with E-state index in [2.05, 4.69) is 49.0 Å². The van der Waals surface area contributed by atoms with Gasteiger partial charge in [-0.25, -0.2) is 0 Å². The summed E-state index contributed by atoms with van der Waals surface area (Å²) in [5.74, 6) is 0. The van der Waals surface area contributed by atoms with Crippen molar-refractivity contribution in [2.45, 2.75) is 45.7 Å². The lowest BCUT2D eigenvalue weighted by molar-refractivity contribution is 0.415. The summed E-state index contributed by atoms with van der Waals surface area (Å²) in [4.78, 5) is 0. The topological polar surface area (TPSA) is 17.0 Å². The number of rotatable bonds is 5. The molecule has 0 saturated heterocycles. The molecule has 19 heavy (non-hydrogen) atoms. The van der Waals surface area contributed by atoms with Gasteiger partial charge in [0.05, 0.1) is 0 Å². The maximum atomic E-state index is 6.06. The molecule has 0 fully saturated rings. The van der Waals surface area contributed by atoms with Gasteiger partial charge in [-0.15, -0.1) is 0 Å². The molecule has 0 aliphatic rings. The largest absolute Gasteiger partial charge is 0.347 e. The third-order valence-electron chi connectivity index (χ3n) is 3.22. The number of hydrogen-bond acceptors (Lipinski definition) is 1. The molecule has 0 bridgehead atoms. The van der Waals surface area contributed by atoms with E-state index in [9.17, 15) is 0 Å². The molecule has 0 atom stereocenters. The van der Waals surface area contributed by atoms with E-state index in [0.717, 1.165) is 18.1 Å². The number of aromatic nitrogens is 1. The average Bonchev–Trinajstić information content (AvgIpc) is 2.70. The molecule has 1 aromatic carbocycles. The van der Waals surface area contributed by atoms with Crippen molar-refractivity contribution in [3.05, 3.63) is 35.5 Å². The molecule has 3 heteroatoms. The summed E-state index contributed by atoms with van der Waals surface area (Å²) in [7, 11) is 0. The number of fused-ring (bicyclic) bond motifs is 1. The van der Waals surface area contributed by atoms with Crippen LogP contribution in [0.3, 0.4) is 0 Å². The first-order chi connectivity index (χ1) is 8.96. The zero-order valence-electron chi connectivity index (χ0n) is 12.0. The molecule has 0 saturated carbocycles. The number of aryl methyl sites for hydroxylation is 1. The average molecular weight is 279 g/mol. The van der Waals surface area contributed by atoms with Crippen LogP contribution in [0.2, 0.25) is 5.02 Å². The molecule has 0 aliphatic heterocycles. The Morgan fingerprint density at radius 1 is 1.16 bits per heavy atom. The van der Waals surface area contributed by atoms with Gasteiger partial charge in [0.1, 0.15) is 0 Å². The maximum absolute atomic E-state index is 6.06.